The Morgan fingerprint density at radius 1 is 1.33 bits per heavy atom. The van der Waals surface area contributed by atoms with Crippen LogP contribution >= 0.6 is 44.1 Å². The largest absolute Gasteiger partial charge is 0.327 e. The van der Waals surface area contributed by atoms with Crippen molar-refractivity contribution in [1.82, 2.24) is 19.3 Å². The Labute approximate surface area is 144 Å². The van der Waals surface area contributed by atoms with Gasteiger partial charge in [0.25, 0.3) is 0 Å². The maximum Gasteiger partial charge on any atom is 0.184 e. The van der Waals surface area contributed by atoms with Crippen molar-refractivity contribution in [2.45, 2.75) is 19.8 Å². The van der Waals surface area contributed by atoms with Crippen LogP contribution in [0.2, 0.25) is 0 Å². The number of benzene rings is 1. The van der Waals surface area contributed by atoms with E-state index in [1.165, 1.54) is 0 Å². The standard InChI is InChI=1S/C14H14Br2N4S/c1-3-4-10-12-13(19(2)18-10)20(14(21)17-12)11-7-8(15)5-6-9(11)16/h5-7H,3-4H2,1-2H3,(H,17,21). The van der Waals surface area contributed by atoms with Gasteiger partial charge in [0.05, 0.1) is 11.4 Å². The minimum atomic E-state index is 0.675. The molecule has 0 aliphatic heterocycles. The summed E-state index contributed by atoms with van der Waals surface area (Å²) in [5.74, 6) is 0. The molecule has 1 aromatic carbocycles. The second-order valence-electron chi connectivity index (χ2n) is 4.88. The minimum absolute atomic E-state index is 0.675. The van der Waals surface area contributed by atoms with E-state index in [0.717, 1.165) is 44.3 Å². The zero-order valence-corrected chi connectivity index (χ0v) is 15.6. The van der Waals surface area contributed by atoms with Crippen molar-refractivity contribution >= 4 is 55.2 Å². The van der Waals surface area contributed by atoms with Crippen LogP contribution < -0.4 is 0 Å². The van der Waals surface area contributed by atoms with Crippen molar-refractivity contribution in [3.63, 3.8) is 0 Å². The lowest BCUT2D eigenvalue weighted by Crippen LogP contribution is -2.02. The number of rotatable bonds is 3. The van der Waals surface area contributed by atoms with Crippen LogP contribution in [-0.4, -0.2) is 19.3 Å². The molecule has 0 saturated carbocycles. The van der Waals surface area contributed by atoms with Gasteiger partial charge in [-0.1, -0.05) is 29.3 Å². The Balaban J connectivity index is 2.35. The Bertz CT molecular complexity index is 875. The molecule has 0 atom stereocenters. The smallest absolute Gasteiger partial charge is 0.184 e. The second-order valence-corrected chi connectivity index (χ2v) is 7.04. The molecule has 2 heterocycles. The Morgan fingerprint density at radius 3 is 2.81 bits per heavy atom. The summed E-state index contributed by atoms with van der Waals surface area (Å²) in [5, 5.41) is 4.61. The summed E-state index contributed by atoms with van der Waals surface area (Å²) in [6.45, 7) is 2.15. The Morgan fingerprint density at radius 2 is 2.10 bits per heavy atom. The fourth-order valence-corrected chi connectivity index (χ4v) is 3.57. The first kappa shape index (κ1) is 15.0. The van der Waals surface area contributed by atoms with E-state index in [4.69, 9.17) is 12.2 Å². The summed E-state index contributed by atoms with van der Waals surface area (Å²) >= 11 is 12.6. The number of imidazole rings is 1. The van der Waals surface area contributed by atoms with Gasteiger partial charge in [-0.05, 0) is 52.8 Å². The molecule has 3 rings (SSSR count). The Hall–Kier alpha value is -0.920. The van der Waals surface area contributed by atoms with Crippen molar-refractivity contribution in [2.75, 3.05) is 0 Å². The van der Waals surface area contributed by atoms with Crippen LogP contribution in [0.5, 0.6) is 0 Å². The molecule has 1 N–H and O–H groups in total. The molecule has 0 unspecified atom stereocenters. The fourth-order valence-electron chi connectivity index (χ4n) is 2.51. The van der Waals surface area contributed by atoms with E-state index in [0.29, 0.717) is 4.77 Å². The number of hydrogen-bond acceptors (Lipinski definition) is 2. The molecule has 4 nitrogen and oxygen atoms in total. The maximum absolute atomic E-state index is 5.53. The van der Waals surface area contributed by atoms with Gasteiger partial charge < -0.3 is 4.98 Å². The fraction of sp³-hybridized carbons (Fsp3) is 0.286. The van der Waals surface area contributed by atoms with Crippen molar-refractivity contribution in [3.05, 3.63) is 37.6 Å². The molecule has 0 spiro atoms. The lowest BCUT2D eigenvalue weighted by Gasteiger charge is -2.08. The molecule has 0 amide bonds. The quantitative estimate of drug-likeness (QED) is 0.601. The number of hydrogen-bond donors (Lipinski definition) is 1. The van der Waals surface area contributed by atoms with E-state index in [1.807, 2.05) is 34.5 Å². The molecular weight excluding hydrogens is 416 g/mol. The third kappa shape index (κ3) is 2.51. The third-order valence-corrected chi connectivity index (χ3v) is 4.82. The van der Waals surface area contributed by atoms with Gasteiger partial charge in [0.2, 0.25) is 0 Å². The van der Waals surface area contributed by atoms with Crippen molar-refractivity contribution in [3.8, 4) is 5.69 Å². The number of H-pyrrole nitrogens is 1. The number of halogens is 2. The topological polar surface area (TPSA) is 38.5 Å². The van der Waals surface area contributed by atoms with Gasteiger partial charge in [0, 0.05) is 16.0 Å². The molecule has 7 heteroatoms. The number of aromatic nitrogens is 4. The van der Waals surface area contributed by atoms with Crippen LogP contribution in [0.15, 0.2) is 27.1 Å². The van der Waals surface area contributed by atoms with E-state index in [-0.39, 0.29) is 0 Å². The number of fused-ring (bicyclic) bond motifs is 1. The molecule has 0 radical (unpaired) electrons. The van der Waals surface area contributed by atoms with Gasteiger partial charge in [-0.25, -0.2) is 4.68 Å². The van der Waals surface area contributed by atoms with Crippen LogP contribution in [0.25, 0.3) is 16.9 Å². The number of nitrogens with zero attached hydrogens (tertiary/aromatic N) is 3. The second kappa shape index (κ2) is 5.70. The highest BCUT2D eigenvalue weighted by atomic mass is 79.9. The summed E-state index contributed by atoms with van der Waals surface area (Å²) in [7, 11) is 1.95. The average Bonchev–Trinajstić information content (AvgIpc) is 2.91. The molecule has 0 bridgehead atoms. The molecule has 110 valence electrons. The minimum Gasteiger partial charge on any atom is -0.327 e. The highest BCUT2D eigenvalue weighted by Gasteiger charge is 2.17. The predicted molar refractivity (Wildman–Crippen MR) is 94.6 cm³/mol. The molecule has 0 fully saturated rings. The number of nitrogens with one attached hydrogen (secondary N) is 1. The maximum atomic E-state index is 5.53. The van der Waals surface area contributed by atoms with Gasteiger partial charge in [-0.3, -0.25) is 4.57 Å². The monoisotopic (exact) mass is 428 g/mol. The van der Waals surface area contributed by atoms with Crippen LogP contribution in [-0.2, 0) is 13.5 Å². The van der Waals surface area contributed by atoms with E-state index in [1.54, 1.807) is 0 Å². The lowest BCUT2D eigenvalue weighted by atomic mass is 10.2. The molecule has 2 aromatic heterocycles. The number of aromatic amines is 1. The van der Waals surface area contributed by atoms with Crippen molar-refractivity contribution < 1.29 is 0 Å². The molecule has 0 aliphatic rings. The van der Waals surface area contributed by atoms with Gasteiger partial charge in [0.1, 0.15) is 5.52 Å². The van der Waals surface area contributed by atoms with Crippen LogP contribution in [0.1, 0.15) is 19.0 Å². The van der Waals surface area contributed by atoms with Gasteiger partial charge in [0.15, 0.2) is 10.4 Å². The van der Waals surface area contributed by atoms with Gasteiger partial charge >= 0.3 is 0 Å². The summed E-state index contributed by atoms with van der Waals surface area (Å²) in [5.41, 5.74) is 4.07. The molecule has 0 aliphatic carbocycles. The van der Waals surface area contributed by atoms with Crippen molar-refractivity contribution in [1.29, 1.82) is 0 Å². The van der Waals surface area contributed by atoms with Crippen LogP contribution in [0, 0.1) is 4.77 Å². The summed E-state index contributed by atoms with van der Waals surface area (Å²) in [6, 6.07) is 6.04. The molecule has 3 aromatic rings. The first-order chi connectivity index (χ1) is 10.0. The first-order valence-corrected chi connectivity index (χ1v) is 8.64. The van der Waals surface area contributed by atoms with Crippen molar-refractivity contribution in [2.24, 2.45) is 7.05 Å². The van der Waals surface area contributed by atoms with E-state index < -0.39 is 0 Å². The third-order valence-electron chi connectivity index (χ3n) is 3.37. The zero-order chi connectivity index (χ0) is 15.1. The average molecular weight is 430 g/mol. The normalized spacial score (nSPS) is 11.4. The summed E-state index contributed by atoms with van der Waals surface area (Å²) in [6.07, 6.45) is 1.99. The van der Waals surface area contributed by atoms with E-state index in [9.17, 15) is 0 Å². The van der Waals surface area contributed by atoms with Gasteiger partial charge in [-0.2, -0.15) is 5.10 Å². The predicted octanol–water partition coefficient (Wildman–Crippen LogP) is 4.90. The van der Waals surface area contributed by atoms with Crippen LogP contribution in [0.3, 0.4) is 0 Å². The zero-order valence-electron chi connectivity index (χ0n) is 11.7. The number of aryl methyl sites for hydroxylation is 2. The lowest BCUT2D eigenvalue weighted by molar-refractivity contribution is 0.735. The van der Waals surface area contributed by atoms with E-state index >= 15 is 0 Å². The first-order valence-electron chi connectivity index (χ1n) is 6.65. The summed E-state index contributed by atoms with van der Waals surface area (Å²) < 4.78 is 6.58. The van der Waals surface area contributed by atoms with Gasteiger partial charge in [-0.15, -0.1) is 0 Å². The highest BCUT2D eigenvalue weighted by molar-refractivity contribution is 9.11. The Kier molecular flexibility index (Phi) is 4.07. The summed E-state index contributed by atoms with van der Waals surface area (Å²) in [4.78, 5) is 3.30. The van der Waals surface area contributed by atoms with E-state index in [2.05, 4.69) is 48.9 Å². The van der Waals surface area contributed by atoms with Crippen LogP contribution in [0.4, 0.5) is 0 Å². The molecule has 0 saturated heterocycles. The SMILES string of the molecule is CCCc1nn(C)c2c1[nH]c(=S)n2-c1cc(Br)ccc1Br. The molecule has 21 heavy (non-hydrogen) atoms. The highest BCUT2D eigenvalue weighted by Crippen LogP contribution is 2.29. The molecular formula is C14H14Br2N4S.